The molecule has 2 heterocycles. The number of ether oxygens (including phenoxy) is 1. The minimum Gasteiger partial charge on any atom is -0.494 e. The minimum absolute atomic E-state index is 0.0117. The summed E-state index contributed by atoms with van der Waals surface area (Å²) in [6.07, 6.45) is 3.18. The second-order valence-corrected chi connectivity index (χ2v) is 4.18. The molecule has 5 heteroatoms. The number of carbonyl (C=O) groups is 1. The summed E-state index contributed by atoms with van der Waals surface area (Å²) in [6.45, 7) is 4.36. The van der Waals surface area contributed by atoms with E-state index in [1.165, 1.54) is 0 Å². The van der Waals surface area contributed by atoms with Crippen LogP contribution in [0.2, 0.25) is 0 Å². The summed E-state index contributed by atoms with van der Waals surface area (Å²) >= 11 is 0. The molecule has 1 amide bonds. The van der Waals surface area contributed by atoms with Gasteiger partial charge in [-0.25, -0.2) is 0 Å². The molecular formula is C12H17N3O2. The smallest absolute Gasteiger partial charge is 0.257 e. The van der Waals surface area contributed by atoms with Gasteiger partial charge in [-0.3, -0.25) is 9.78 Å². The van der Waals surface area contributed by atoms with Gasteiger partial charge in [-0.05, 0) is 13.0 Å². The van der Waals surface area contributed by atoms with Gasteiger partial charge in [0, 0.05) is 31.9 Å². The van der Waals surface area contributed by atoms with Crippen molar-refractivity contribution >= 4 is 5.91 Å². The second-order valence-electron chi connectivity index (χ2n) is 4.18. The molecule has 17 heavy (non-hydrogen) atoms. The number of aromatic nitrogens is 1. The number of carbonyl (C=O) groups excluding carboxylic acids is 1. The van der Waals surface area contributed by atoms with E-state index >= 15 is 0 Å². The van der Waals surface area contributed by atoms with E-state index in [9.17, 15) is 4.79 Å². The summed E-state index contributed by atoms with van der Waals surface area (Å²) in [6, 6.07) is 2.04. The first-order valence-electron chi connectivity index (χ1n) is 5.73. The molecule has 0 unspecified atom stereocenters. The molecule has 92 valence electrons. The van der Waals surface area contributed by atoms with E-state index in [-0.39, 0.29) is 5.91 Å². The van der Waals surface area contributed by atoms with Crippen molar-refractivity contribution in [2.45, 2.75) is 13.0 Å². The number of rotatable bonds is 2. The highest BCUT2D eigenvalue weighted by atomic mass is 16.5. The van der Waals surface area contributed by atoms with Crippen molar-refractivity contribution in [1.29, 1.82) is 0 Å². The summed E-state index contributed by atoms with van der Waals surface area (Å²) in [4.78, 5) is 18.1. The van der Waals surface area contributed by atoms with E-state index in [0.29, 0.717) is 17.4 Å². The van der Waals surface area contributed by atoms with Crippen LogP contribution in [0.4, 0.5) is 0 Å². The highest BCUT2D eigenvalue weighted by molar-refractivity contribution is 5.96. The van der Waals surface area contributed by atoms with Gasteiger partial charge in [-0.1, -0.05) is 0 Å². The van der Waals surface area contributed by atoms with Crippen LogP contribution in [0.1, 0.15) is 17.3 Å². The molecule has 0 aromatic carbocycles. The number of amides is 1. The summed E-state index contributed by atoms with van der Waals surface area (Å²) < 4.78 is 5.16. The van der Waals surface area contributed by atoms with Crippen molar-refractivity contribution in [3.63, 3.8) is 0 Å². The highest BCUT2D eigenvalue weighted by Gasteiger charge is 2.23. The van der Waals surface area contributed by atoms with Crippen LogP contribution < -0.4 is 10.1 Å². The maximum absolute atomic E-state index is 12.3. The van der Waals surface area contributed by atoms with Gasteiger partial charge in [0.05, 0.1) is 18.9 Å². The lowest BCUT2D eigenvalue weighted by molar-refractivity contribution is 0.0705. The Morgan fingerprint density at radius 2 is 2.47 bits per heavy atom. The summed E-state index contributed by atoms with van der Waals surface area (Å²) in [7, 11) is 1.55. The standard InChI is InChI=1S/C12H17N3O2/c1-9-8-15(6-5-14-9)12(16)10-3-4-13-7-11(10)17-2/h3-4,7,9,14H,5-6,8H2,1-2H3/t9-/m1/s1. The van der Waals surface area contributed by atoms with Crippen LogP contribution in [0.3, 0.4) is 0 Å². The Morgan fingerprint density at radius 3 is 3.18 bits per heavy atom. The van der Waals surface area contributed by atoms with E-state index in [2.05, 4.69) is 17.2 Å². The number of piperazine rings is 1. The third-order valence-corrected chi connectivity index (χ3v) is 2.89. The van der Waals surface area contributed by atoms with Crippen LogP contribution in [-0.2, 0) is 0 Å². The molecule has 0 bridgehead atoms. The van der Waals surface area contributed by atoms with Crippen LogP contribution in [0.25, 0.3) is 0 Å². The molecule has 1 fully saturated rings. The lowest BCUT2D eigenvalue weighted by Crippen LogP contribution is -2.51. The van der Waals surface area contributed by atoms with Crippen molar-refractivity contribution in [1.82, 2.24) is 15.2 Å². The van der Waals surface area contributed by atoms with Crippen LogP contribution in [0, 0.1) is 0 Å². The zero-order chi connectivity index (χ0) is 12.3. The van der Waals surface area contributed by atoms with Gasteiger partial charge in [0.2, 0.25) is 0 Å². The van der Waals surface area contributed by atoms with Gasteiger partial charge >= 0.3 is 0 Å². The molecule has 1 saturated heterocycles. The van der Waals surface area contributed by atoms with Gasteiger partial charge < -0.3 is 15.0 Å². The molecule has 1 aliphatic rings. The molecule has 0 saturated carbocycles. The van der Waals surface area contributed by atoms with Crippen LogP contribution >= 0.6 is 0 Å². The van der Waals surface area contributed by atoms with Crippen molar-refractivity contribution in [3.05, 3.63) is 24.0 Å². The van der Waals surface area contributed by atoms with Crippen molar-refractivity contribution in [2.24, 2.45) is 0 Å². The SMILES string of the molecule is COc1cnccc1C(=O)N1CCN[C@H](C)C1. The van der Waals surface area contributed by atoms with Gasteiger partial charge in [-0.15, -0.1) is 0 Å². The van der Waals surface area contributed by atoms with Crippen molar-refractivity contribution in [3.8, 4) is 5.75 Å². The number of hydrogen-bond acceptors (Lipinski definition) is 4. The molecule has 2 rings (SSSR count). The van der Waals surface area contributed by atoms with E-state index < -0.39 is 0 Å². The molecule has 1 aromatic heterocycles. The summed E-state index contributed by atoms with van der Waals surface area (Å²) in [5.74, 6) is 0.543. The molecule has 5 nitrogen and oxygen atoms in total. The molecule has 1 aliphatic heterocycles. The molecule has 1 N–H and O–H groups in total. The third kappa shape index (κ3) is 2.55. The quantitative estimate of drug-likeness (QED) is 0.812. The molecule has 0 radical (unpaired) electrons. The molecule has 0 spiro atoms. The largest absolute Gasteiger partial charge is 0.494 e. The van der Waals surface area contributed by atoms with E-state index in [1.54, 1.807) is 25.6 Å². The average Bonchev–Trinajstić information content (AvgIpc) is 2.38. The lowest BCUT2D eigenvalue weighted by Gasteiger charge is -2.32. The highest BCUT2D eigenvalue weighted by Crippen LogP contribution is 2.18. The Labute approximate surface area is 101 Å². The van der Waals surface area contributed by atoms with Crippen LogP contribution in [0.15, 0.2) is 18.5 Å². The Morgan fingerprint density at radius 1 is 1.65 bits per heavy atom. The van der Waals surface area contributed by atoms with Gasteiger partial charge in [0.1, 0.15) is 5.75 Å². The Kier molecular flexibility index (Phi) is 3.58. The van der Waals surface area contributed by atoms with Crippen LogP contribution in [0.5, 0.6) is 5.75 Å². The average molecular weight is 235 g/mol. The van der Waals surface area contributed by atoms with Gasteiger partial charge in [-0.2, -0.15) is 0 Å². The number of pyridine rings is 1. The number of hydrogen-bond donors (Lipinski definition) is 1. The van der Waals surface area contributed by atoms with Crippen LogP contribution in [-0.4, -0.2) is 48.6 Å². The third-order valence-electron chi connectivity index (χ3n) is 2.89. The molecule has 1 aromatic rings. The maximum atomic E-state index is 12.3. The fourth-order valence-corrected chi connectivity index (χ4v) is 2.01. The second kappa shape index (κ2) is 5.14. The fourth-order valence-electron chi connectivity index (χ4n) is 2.01. The summed E-state index contributed by atoms with van der Waals surface area (Å²) in [5, 5.41) is 3.31. The Hall–Kier alpha value is -1.62. The topological polar surface area (TPSA) is 54.5 Å². The van der Waals surface area contributed by atoms with Crippen molar-refractivity contribution < 1.29 is 9.53 Å². The Balaban J connectivity index is 2.18. The first kappa shape index (κ1) is 11.9. The monoisotopic (exact) mass is 235 g/mol. The number of methoxy groups -OCH3 is 1. The fraction of sp³-hybridized carbons (Fsp3) is 0.500. The van der Waals surface area contributed by atoms with E-state index in [1.807, 2.05) is 4.90 Å². The minimum atomic E-state index is 0.0117. The van der Waals surface area contributed by atoms with E-state index in [4.69, 9.17) is 4.74 Å². The van der Waals surface area contributed by atoms with Crippen molar-refractivity contribution in [2.75, 3.05) is 26.7 Å². The summed E-state index contributed by atoms with van der Waals surface area (Å²) in [5.41, 5.74) is 0.580. The van der Waals surface area contributed by atoms with Gasteiger partial charge in [0.15, 0.2) is 0 Å². The lowest BCUT2D eigenvalue weighted by atomic mass is 10.1. The first-order valence-corrected chi connectivity index (χ1v) is 5.73. The zero-order valence-electron chi connectivity index (χ0n) is 10.1. The zero-order valence-corrected chi connectivity index (χ0v) is 10.1. The normalized spacial score (nSPS) is 20.1. The maximum Gasteiger partial charge on any atom is 0.257 e. The molecule has 1 atom stereocenters. The first-order chi connectivity index (χ1) is 8.22. The van der Waals surface area contributed by atoms with E-state index in [0.717, 1.165) is 19.6 Å². The molecule has 0 aliphatic carbocycles. The number of nitrogens with one attached hydrogen (secondary N) is 1. The predicted molar refractivity (Wildman–Crippen MR) is 64.2 cm³/mol. The molecular weight excluding hydrogens is 218 g/mol. The van der Waals surface area contributed by atoms with Gasteiger partial charge in [0.25, 0.3) is 5.91 Å². The number of nitrogens with zero attached hydrogens (tertiary/aromatic N) is 2. The Bertz CT molecular complexity index is 408. The predicted octanol–water partition coefficient (Wildman–Crippen LogP) is 0.524.